The molecule has 0 spiro atoms. The topological polar surface area (TPSA) is 78.9 Å². The van der Waals surface area contributed by atoms with Gasteiger partial charge in [0.15, 0.2) is 0 Å². The summed E-state index contributed by atoms with van der Waals surface area (Å²) in [6, 6.07) is 0. The van der Waals surface area contributed by atoms with Crippen LogP contribution in [0.25, 0.3) is 0 Å². The van der Waals surface area contributed by atoms with E-state index >= 15 is 0 Å². The monoisotopic (exact) mass is 210 g/mol. The lowest BCUT2D eigenvalue weighted by atomic mass is 10.4. The summed E-state index contributed by atoms with van der Waals surface area (Å²) in [4.78, 5) is 0. The first kappa shape index (κ1) is 10.9. The quantitative estimate of drug-likeness (QED) is 0.588. The molecule has 1 aliphatic rings. The lowest BCUT2D eigenvalue weighted by molar-refractivity contribution is 0.00910. The first-order chi connectivity index (χ1) is 6.04. The fraction of sp³-hybridized carbons (Fsp3) is 1.00. The number of rotatable bonds is 3. The highest BCUT2D eigenvalue weighted by Gasteiger charge is 2.26. The van der Waals surface area contributed by atoms with Crippen LogP contribution in [0.2, 0.25) is 0 Å². The van der Waals surface area contributed by atoms with Crippen molar-refractivity contribution in [3.63, 3.8) is 0 Å². The Balaban J connectivity index is 2.52. The predicted molar refractivity (Wildman–Crippen MR) is 46.5 cm³/mol. The van der Waals surface area contributed by atoms with E-state index in [9.17, 15) is 8.42 Å². The molecular formula is C6H14N2O4S. The highest BCUT2D eigenvalue weighted by atomic mass is 32.2. The normalized spacial score (nSPS) is 26.2. The number of piperazine rings is 1. The van der Waals surface area contributed by atoms with Crippen LogP contribution in [-0.2, 0) is 15.0 Å². The number of nitrogens with one attached hydrogen (secondary N) is 1. The molecule has 7 heteroatoms. The Morgan fingerprint density at radius 2 is 2.38 bits per heavy atom. The molecule has 0 aromatic rings. The van der Waals surface area contributed by atoms with Gasteiger partial charge >= 0.3 is 10.3 Å². The maximum absolute atomic E-state index is 10.7. The molecule has 0 aromatic carbocycles. The van der Waals surface area contributed by atoms with Crippen molar-refractivity contribution in [2.75, 3.05) is 26.2 Å². The molecule has 1 rings (SSSR count). The summed E-state index contributed by atoms with van der Waals surface area (Å²) in [7, 11) is -4.06. The van der Waals surface area contributed by atoms with Crippen LogP contribution >= 0.6 is 0 Å². The van der Waals surface area contributed by atoms with Crippen LogP contribution in [0.3, 0.4) is 0 Å². The summed E-state index contributed by atoms with van der Waals surface area (Å²) < 4.78 is 36.4. The van der Waals surface area contributed by atoms with Crippen molar-refractivity contribution in [2.45, 2.75) is 13.2 Å². The lowest BCUT2D eigenvalue weighted by Gasteiger charge is -2.30. The molecular weight excluding hydrogens is 196 g/mol. The van der Waals surface area contributed by atoms with E-state index in [0.29, 0.717) is 13.2 Å². The molecule has 1 atom stereocenters. The van der Waals surface area contributed by atoms with Crippen molar-refractivity contribution in [3.05, 3.63) is 0 Å². The minimum Gasteiger partial charge on any atom is -0.362 e. The van der Waals surface area contributed by atoms with Crippen molar-refractivity contribution < 1.29 is 17.7 Å². The Morgan fingerprint density at radius 3 is 2.92 bits per heavy atom. The van der Waals surface area contributed by atoms with Gasteiger partial charge in [-0.1, -0.05) is 0 Å². The molecule has 2 N–H and O–H groups in total. The first-order valence-corrected chi connectivity index (χ1v) is 5.51. The van der Waals surface area contributed by atoms with Gasteiger partial charge in [0.1, 0.15) is 6.23 Å². The molecule has 1 heterocycles. The van der Waals surface area contributed by atoms with Crippen LogP contribution in [0.1, 0.15) is 6.92 Å². The maximum Gasteiger partial charge on any atom is 0.336 e. The van der Waals surface area contributed by atoms with Gasteiger partial charge in [0.2, 0.25) is 0 Å². The predicted octanol–water partition coefficient (Wildman–Crippen LogP) is -0.943. The zero-order valence-corrected chi connectivity index (χ0v) is 8.25. The Hall–Kier alpha value is -0.210. The highest BCUT2D eigenvalue weighted by molar-refractivity contribution is 7.83. The summed E-state index contributed by atoms with van der Waals surface area (Å²) >= 11 is 0. The van der Waals surface area contributed by atoms with Gasteiger partial charge in [-0.15, -0.1) is 0 Å². The van der Waals surface area contributed by atoms with Crippen molar-refractivity contribution in [2.24, 2.45) is 0 Å². The van der Waals surface area contributed by atoms with Crippen molar-refractivity contribution in [1.29, 1.82) is 0 Å². The molecule has 0 amide bonds. The third-order valence-corrected chi connectivity index (χ3v) is 2.78. The van der Waals surface area contributed by atoms with E-state index in [-0.39, 0.29) is 19.3 Å². The summed E-state index contributed by atoms with van der Waals surface area (Å²) in [5, 5.41) is 2.98. The second kappa shape index (κ2) is 4.34. The molecule has 78 valence electrons. The van der Waals surface area contributed by atoms with Crippen LogP contribution in [-0.4, -0.2) is 49.7 Å². The number of hydrogen-bond donors (Lipinski definition) is 2. The molecule has 0 radical (unpaired) electrons. The van der Waals surface area contributed by atoms with Crippen LogP contribution in [0.4, 0.5) is 0 Å². The molecule has 1 saturated heterocycles. The molecule has 0 aliphatic carbocycles. The van der Waals surface area contributed by atoms with Gasteiger partial charge in [-0.05, 0) is 6.92 Å². The zero-order valence-electron chi connectivity index (χ0n) is 7.43. The SMILES string of the molecule is CCOC1CN(S(=O)(=O)O)CCN1. The van der Waals surface area contributed by atoms with Crippen LogP contribution in [0.5, 0.6) is 0 Å². The Bertz CT molecular complexity index is 251. The van der Waals surface area contributed by atoms with Crippen LogP contribution in [0.15, 0.2) is 0 Å². The third kappa shape index (κ3) is 3.20. The zero-order chi connectivity index (χ0) is 9.90. The summed E-state index contributed by atoms with van der Waals surface area (Å²) in [6.07, 6.45) is -0.319. The van der Waals surface area contributed by atoms with Gasteiger partial charge in [0, 0.05) is 19.7 Å². The minimum atomic E-state index is -4.06. The van der Waals surface area contributed by atoms with Crippen molar-refractivity contribution in [3.8, 4) is 0 Å². The fourth-order valence-corrected chi connectivity index (χ4v) is 1.86. The second-order valence-corrected chi connectivity index (χ2v) is 4.15. The van der Waals surface area contributed by atoms with E-state index in [1.807, 2.05) is 6.92 Å². The number of hydrogen-bond acceptors (Lipinski definition) is 4. The van der Waals surface area contributed by atoms with E-state index in [1.165, 1.54) is 0 Å². The van der Waals surface area contributed by atoms with Crippen LogP contribution < -0.4 is 5.32 Å². The number of ether oxygens (including phenoxy) is 1. The van der Waals surface area contributed by atoms with Gasteiger partial charge in [0.25, 0.3) is 0 Å². The standard InChI is InChI=1S/C6H14N2O4S/c1-2-12-6-5-8(4-3-7-6)13(9,10)11/h6-7H,2-5H2,1H3,(H,9,10,11). The smallest absolute Gasteiger partial charge is 0.336 e. The second-order valence-electron chi connectivity index (χ2n) is 2.73. The molecule has 13 heavy (non-hydrogen) atoms. The molecule has 1 aliphatic heterocycles. The van der Waals surface area contributed by atoms with E-state index < -0.39 is 10.3 Å². The van der Waals surface area contributed by atoms with Crippen molar-refractivity contribution >= 4 is 10.3 Å². The summed E-state index contributed by atoms with van der Waals surface area (Å²) in [5.41, 5.74) is 0. The van der Waals surface area contributed by atoms with Gasteiger partial charge in [-0.3, -0.25) is 9.87 Å². The molecule has 0 aromatic heterocycles. The third-order valence-electron chi connectivity index (χ3n) is 1.80. The van der Waals surface area contributed by atoms with Gasteiger partial charge in [-0.25, -0.2) is 0 Å². The molecule has 1 fully saturated rings. The van der Waals surface area contributed by atoms with Gasteiger partial charge < -0.3 is 4.74 Å². The molecule has 0 bridgehead atoms. The van der Waals surface area contributed by atoms with E-state index in [4.69, 9.17) is 9.29 Å². The largest absolute Gasteiger partial charge is 0.362 e. The summed E-state index contributed by atoms with van der Waals surface area (Å²) in [5.74, 6) is 0. The molecule has 0 saturated carbocycles. The van der Waals surface area contributed by atoms with E-state index in [1.54, 1.807) is 0 Å². The number of nitrogens with zero attached hydrogens (tertiary/aromatic N) is 1. The average Bonchev–Trinajstić information content (AvgIpc) is 2.04. The fourth-order valence-electron chi connectivity index (χ4n) is 1.21. The average molecular weight is 210 g/mol. The first-order valence-electron chi connectivity index (χ1n) is 4.11. The molecule has 6 nitrogen and oxygen atoms in total. The van der Waals surface area contributed by atoms with Gasteiger partial charge in [-0.2, -0.15) is 12.7 Å². The van der Waals surface area contributed by atoms with E-state index in [2.05, 4.69) is 5.32 Å². The minimum absolute atomic E-state index is 0.159. The Kier molecular flexibility index (Phi) is 3.63. The summed E-state index contributed by atoms with van der Waals surface area (Å²) in [6.45, 7) is 3.27. The Morgan fingerprint density at radius 1 is 1.69 bits per heavy atom. The maximum atomic E-state index is 10.7. The molecule has 1 unspecified atom stereocenters. The highest BCUT2D eigenvalue weighted by Crippen LogP contribution is 2.04. The van der Waals surface area contributed by atoms with E-state index in [0.717, 1.165) is 4.31 Å². The van der Waals surface area contributed by atoms with Crippen molar-refractivity contribution in [1.82, 2.24) is 9.62 Å². The van der Waals surface area contributed by atoms with Gasteiger partial charge in [0.05, 0.1) is 6.54 Å². The Labute approximate surface area is 77.7 Å². The lowest BCUT2D eigenvalue weighted by Crippen LogP contribution is -2.53. The van der Waals surface area contributed by atoms with Crippen LogP contribution in [0, 0.1) is 0 Å².